The van der Waals surface area contributed by atoms with Crippen LogP contribution >= 0.6 is 34.3 Å². The monoisotopic (exact) mass is 1570 g/mol. The van der Waals surface area contributed by atoms with Crippen LogP contribution in [0.15, 0.2) is 208 Å². The van der Waals surface area contributed by atoms with Crippen LogP contribution in [-0.2, 0) is 50.9 Å². The number of amides is 3. The highest BCUT2D eigenvalue weighted by Crippen LogP contribution is 2.36. The molecule has 107 heavy (non-hydrogen) atoms. The van der Waals surface area contributed by atoms with E-state index in [1.807, 2.05) is 119 Å². The van der Waals surface area contributed by atoms with Crippen LogP contribution in [0.4, 0.5) is 33.1 Å². The van der Waals surface area contributed by atoms with E-state index < -0.39 is 30.1 Å². The molecule has 11 aromatic rings. The Morgan fingerprint density at radius 3 is 1.73 bits per heavy atom. The van der Waals surface area contributed by atoms with Crippen LogP contribution in [0.1, 0.15) is 87.6 Å². The molecular weight excluding hydrogens is 1470 g/mol. The van der Waals surface area contributed by atoms with Gasteiger partial charge in [-0.05, 0) is 185 Å². The third kappa shape index (κ3) is 17.1. The van der Waals surface area contributed by atoms with Gasteiger partial charge in [-0.2, -0.15) is 0 Å². The summed E-state index contributed by atoms with van der Waals surface area (Å²) in [5.41, 5.74) is 9.60. The molecule has 4 aliphatic heterocycles. The number of piperidine rings is 1. The van der Waals surface area contributed by atoms with Crippen molar-refractivity contribution < 1.29 is 46.8 Å². The van der Waals surface area contributed by atoms with Crippen LogP contribution in [0.5, 0.6) is 0 Å². The standard InChI is InChI=1S/C27H30N6O3S.C25H28ClN5O3S2.C25H26N4O3S2.5H2/c1-19-20(2)33(25-7-5-4-6-24(19)25)21(3)27(34)32-16-14-31(15-17-32)22-8-10-23(11-9-22)37(35,36)30-26-12-13-28-18-29-26;1-18(31-10-3-4-19-16-20(26)7-8-23(19)31)24(32)30-13-11-29(12-14-30)21-5-2-6-22(17-21)36(33,34)28-25-27-9-15-35-25;1-18(29-16-12-21-4-2-3-5-23(21)29)24(30)28-14-10-20(11-15-28)19-6-8-22(9-7-19)34(31,32)27-25-26-13-17-33-25;;;;;/h4-13,18,21H,14-17H2,1-3H3,(H,28,29,30);2,5-9,15-18H,3-4,10-14H2,1H3,(H,27,28);2-9,12-13,16-18,20H,10-11,14-15H2,1H3,(H,26,27);5*1H/t;2*18-;;;;;/m.01...../s1. The zero-order valence-corrected chi connectivity index (χ0v) is 64.7. The number of halogens is 1. The lowest BCUT2D eigenvalue weighted by molar-refractivity contribution is -0.135. The van der Waals surface area contributed by atoms with E-state index in [1.165, 1.54) is 57.8 Å². The van der Waals surface area contributed by atoms with E-state index >= 15 is 0 Å². The van der Waals surface area contributed by atoms with Gasteiger partial charge in [-0.3, -0.25) is 28.5 Å². The molecule has 6 aromatic carbocycles. The predicted molar refractivity (Wildman–Crippen MR) is 434 cm³/mol. The molecule has 3 N–H and O–H groups in total. The number of piperazine rings is 2. The number of nitrogens with zero attached hydrogens (tertiary/aromatic N) is 12. The number of hydrogen-bond acceptors (Lipinski definition) is 18. The van der Waals surface area contributed by atoms with Gasteiger partial charge >= 0.3 is 0 Å². The molecule has 0 radical (unpaired) electrons. The molecule has 30 heteroatoms. The quantitative estimate of drug-likeness (QED) is 0.0720. The van der Waals surface area contributed by atoms with E-state index in [-0.39, 0.29) is 63.5 Å². The third-order valence-electron chi connectivity index (χ3n) is 20.4. The maximum Gasteiger partial charge on any atom is 0.263 e. The number of sulfonamides is 3. The van der Waals surface area contributed by atoms with Crippen LogP contribution in [0, 0.1) is 13.8 Å². The fourth-order valence-electron chi connectivity index (χ4n) is 14.5. The van der Waals surface area contributed by atoms with Gasteiger partial charge in [0, 0.05) is 159 Å². The van der Waals surface area contributed by atoms with Crippen LogP contribution in [-0.4, -0.2) is 165 Å². The average Bonchev–Trinajstić information content (AvgIpc) is 1.60. The second-order valence-corrected chi connectivity index (χ2v) is 34.1. The highest BCUT2D eigenvalue weighted by Gasteiger charge is 2.34. The van der Waals surface area contributed by atoms with E-state index in [9.17, 15) is 39.6 Å². The predicted octanol–water partition coefficient (Wildman–Crippen LogP) is 13.9. The summed E-state index contributed by atoms with van der Waals surface area (Å²) in [5, 5.41) is 7.16. The first kappa shape index (κ1) is 75.3. The number of rotatable bonds is 18. The van der Waals surface area contributed by atoms with E-state index in [4.69, 9.17) is 11.6 Å². The van der Waals surface area contributed by atoms with E-state index in [1.54, 1.807) is 77.8 Å². The highest BCUT2D eigenvalue weighted by molar-refractivity contribution is 7.93. The van der Waals surface area contributed by atoms with Gasteiger partial charge in [0.05, 0.1) is 14.7 Å². The maximum absolute atomic E-state index is 13.5. The molecular formula is C77H94ClN15O9S5. The van der Waals surface area contributed by atoms with Crippen molar-refractivity contribution in [2.45, 2.75) is 99.0 Å². The van der Waals surface area contributed by atoms with Gasteiger partial charge in [0.2, 0.25) is 17.7 Å². The first-order chi connectivity index (χ1) is 51.5. The zero-order chi connectivity index (χ0) is 75.2. The third-order valence-corrected chi connectivity index (χ3v) is 26.4. The molecule has 9 heterocycles. The Kier molecular flexibility index (Phi) is 23.0. The number of aromatic nitrogens is 6. The SMILES string of the molecule is C[C@@H](C(=O)N1CCN(c2cccc(S(=O)(=O)Nc3nccs3)c2)CC1)N1CCCc2cc(Cl)ccc21.C[C@H](C(=O)N1CCC(c2ccc(S(=O)(=O)Nc3nccs3)cc2)CC1)n1ccc2ccccc21.Cc1c(C)n(C(C)C(=O)N2CCN(c3ccc(S(=O)(=O)Nc4ccncn4)cc3)CC2)c2ccccc12.[HH].[HH].[HH].[HH].[HH]. The summed E-state index contributed by atoms with van der Waals surface area (Å²) in [5.74, 6) is 0.875. The van der Waals surface area contributed by atoms with Crippen molar-refractivity contribution in [2.24, 2.45) is 0 Å². The smallest absolute Gasteiger partial charge is 0.263 e. The molecule has 1 unspecified atom stereocenters. The molecule has 4 aliphatic rings. The minimum Gasteiger partial charge on any atom is -0.368 e. The summed E-state index contributed by atoms with van der Waals surface area (Å²) >= 11 is 8.65. The molecule has 24 nitrogen and oxygen atoms in total. The first-order valence-corrected chi connectivity index (χ1v) is 42.1. The van der Waals surface area contributed by atoms with Crippen molar-refractivity contribution >= 4 is 137 Å². The van der Waals surface area contributed by atoms with Crippen molar-refractivity contribution in [1.82, 2.24) is 43.8 Å². The molecule has 3 atom stereocenters. The Morgan fingerprint density at radius 1 is 0.533 bits per heavy atom. The van der Waals surface area contributed by atoms with Gasteiger partial charge in [-0.1, -0.05) is 66.2 Å². The normalized spacial score (nSPS) is 16.0. The fourth-order valence-corrected chi connectivity index (χ4v) is 19.3. The van der Waals surface area contributed by atoms with Crippen LogP contribution < -0.4 is 28.9 Å². The first-order valence-electron chi connectivity index (χ1n) is 35.5. The lowest BCUT2D eigenvalue weighted by Crippen LogP contribution is -2.55. The van der Waals surface area contributed by atoms with Crippen molar-refractivity contribution in [2.75, 3.05) is 101 Å². The highest BCUT2D eigenvalue weighted by atomic mass is 35.5. The molecule has 15 rings (SSSR count). The molecule has 0 aliphatic carbocycles. The van der Waals surface area contributed by atoms with Crippen molar-refractivity contribution in [3.63, 3.8) is 0 Å². The number of nitrogens with one attached hydrogen (secondary N) is 3. The Bertz CT molecular complexity index is 5330. The van der Waals surface area contributed by atoms with E-state index in [0.29, 0.717) is 81.6 Å². The van der Waals surface area contributed by atoms with Crippen LogP contribution in [0.25, 0.3) is 21.8 Å². The van der Waals surface area contributed by atoms with Gasteiger partial charge in [0.25, 0.3) is 30.1 Å². The Labute approximate surface area is 644 Å². The van der Waals surface area contributed by atoms with Gasteiger partial charge in [-0.15, -0.1) is 22.7 Å². The topological polar surface area (TPSA) is 271 Å². The van der Waals surface area contributed by atoms with E-state index in [0.717, 1.165) is 82.0 Å². The summed E-state index contributed by atoms with van der Waals surface area (Å²) < 4.78 is 87.7. The lowest BCUT2D eigenvalue weighted by Gasteiger charge is -2.41. The number of aryl methyl sites for hydroxylation is 2. The van der Waals surface area contributed by atoms with Gasteiger partial charge in [0.15, 0.2) is 10.3 Å². The molecule has 5 aromatic heterocycles. The van der Waals surface area contributed by atoms with E-state index in [2.05, 4.69) is 85.4 Å². The summed E-state index contributed by atoms with van der Waals surface area (Å²) in [6.45, 7) is 17.3. The minimum atomic E-state index is -3.75. The molecule has 3 fully saturated rings. The Morgan fingerprint density at radius 2 is 1.10 bits per heavy atom. The Hall–Kier alpha value is -9.91. The molecule has 3 saturated heterocycles. The number of carbonyl (C=O) groups is 3. The molecule has 3 amide bonds. The summed E-state index contributed by atoms with van der Waals surface area (Å²) in [7, 11) is -11.1. The second kappa shape index (κ2) is 32.7. The van der Waals surface area contributed by atoms with Gasteiger partial charge in [-0.25, -0.2) is 45.2 Å². The number of thiazole rings is 2. The van der Waals surface area contributed by atoms with Crippen molar-refractivity contribution in [3.8, 4) is 0 Å². The number of fused-ring (bicyclic) bond motifs is 3. The average molecular weight is 1570 g/mol. The number of para-hydroxylation sites is 2. The van der Waals surface area contributed by atoms with Crippen LogP contribution in [0.3, 0.4) is 0 Å². The number of anilines is 6. The van der Waals surface area contributed by atoms with Gasteiger partial charge in [0.1, 0.15) is 30.3 Å². The van der Waals surface area contributed by atoms with Crippen molar-refractivity contribution in [1.29, 1.82) is 0 Å². The number of likely N-dealkylation sites (tertiary alicyclic amines) is 1. The molecule has 0 bridgehead atoms. The Balaban J connectivity index is 0.000000206. The summed E-state index contributed by atoms with van der Waals surface area (Å²) in [4.78, 5) is 68.6. The number of hydrogen-bond donors (Lipinski definition) is 3. The molecule has 0 spiro atoms. The zero-order valence-electron chi connectivity index (χ0n) is 59.9. The summed E-state index contributed by atoms with van der Waals surface area (Å²) in [6, 6.07) is 45.6. The molecule has 568 valence electrons. The number of carbonyl (C=O) groups excluding carboxylic acids is 3. The minimum absolute atomic E-state index is 0. The van der Waals surface area contributed by atoms with Crippen LogP contribution in [0.2, 0.25) is 5.02 Å². The lowest BCUT2D eigenvalue weighted by atomic mass is 9.89. The van der Waals surface area contributed by atoms with Crippen molar-refractivity contribution in [3.05, 3.63) is 221 Å². The fraction of sp³-hybridized carbons (Fsp3) is 0.312. The number of benzene rings is 6. The second-order valence-electron chi connectivity index (χ2n) is 26.8. The molecule has 0 saturated carbocycles. The largest absolute Gasteiger partial charge is 0.368 e. The summed E-state index contributed by atoms with van der Waals surface area (Å²) in [6.07, 6.45) is 11.5. The van der Waals surface area contributed by atoms with Gasteiger partial charge < -0.3 is 38.5 Å². The maximum atomic E-state index is 13.5.